The Labute approximate surface area is 203 Å². The zero-order valence-electron chi connectivity index (χ0n) is 17.2. The molecule has 1 fully saturated rings. The Morgan fingerprint density at radius 3 is 2.78 bits per heavy atom. The highest BCUT2D eigenvalue weighted by atomic mass is 35.5. The standard InChI is InChI=1S/C19H20ClN3O5S4/c1-3-28-19(25)16-11(2)15(29-10-21)18(31-16)22-17(24)12-5-4-8-23(9-12)32(26,27)14-7-6-13(20)30-14/h6-7,12H,3-5,8-9H2,1-2H3,(H,22,24). The summed E-state index contributed by atoms with van der Waals surface area (Å²) < 4.78 is 32.7. The van der Waals surface area contributed by atoms with Gasteiger partial charge >= 0.3 is 5.97 Å². The summed E-state index contributed by atoms with van der Waals surface area (Å²) in [5.41, 5.74) is 0.567. The second-order valence-electron chi connectivity index (χ2n) is 6.88. The van der Waals surface area contributed by atoms with Gasteiger partial charge in [-0.25, -0.2) is 13.2 Å². The molecule has 2 aromatic heterocycles. The van der Waals surface area contributed by atoms with E-state index in [-0.39, 0.29) is 23.3 Å². The highest BCUT2D eigenvalue weighted by molar-refractivity contribution is 8.04. The molecule has 0 bridgehead atoms. The van der Waals surface area contributed by atoms with Gasteiger partial charge in [-0.05, 0) is 56.1 Å². The van der Waals surface area contributed by atoms with Gasteiger partial charge in [-0.2, -0.15) is 9.57 Å². The van der Waals surface area contributed by atoms with Crippen LogP contribution < -0.4 is 5.32 Å². The number of nitrogens with zero attached hydrogens (tertiary/aromatic N) is 2. The molecule has 1 aliphatic rings. The fraction of sp³-hybridized carbons (Fsp3) is 0.421. The number of nitriles is 1. The maximum absolute atomic E-state index is 13.0. The van der Waals surface area contributed by atoms with Crippen LogP contribution in [0.25, 0.3) is 0 Å². The highest BCUT2D eigenvalue weighted by Crippen LogP contribution is 2.40. The van der Waals surface area contributed by atoms with E-state index in [1.807, 2.05) is 5.40 Å². The summed E-state index contributed by atoms with van der Waals surface area (Å²) in [6, 6.07) is 2.99. The highest BCUT2D eigenvalue weighted by Gasteiger charge is 2.35. The molecule has 1 saturated heterocycles. The average molecular weight is 534 g/mol. The summed E-state index contributed by atoms with van der Waals surface area (Å²) in [5.74, 6) is -1.44. The van der Waals surface area contributed by atoms with Crippen LogP contribution in [0.3, 0.4) is 0 Å². The normalized spacial score (nSPS) is 17.0. The van der Waals surface area contributed by atoms with Gasteiger partial charge in [0.2, 0.25) is 5.91 Å². The number of rotatable bonds is 7. The van der Waals surface area contributed by atoms with E-state index in [1.54, 1.807) is 13.8 Å². The first-order valence-corrected chi connectivity index (χ1v) is 13.9. The smallest absolute Gasteiger partial charge is 0.348 e. The van der Waals surface area contributed by atoms with Crippen LogP contribution in [0.1, 0.15) is 35.0 Å². The van der Waals surface area contributed by atoms with Gasteiger partial charge < -0.3 is 10.1 Å². The van der Waals surface area contributed by atoms with Crippen molar-refractivity contribution in [3.63, 3.8) is 0 Å². The zero-order valence-corrected chi connectivity index (χ0v) is 21.2. The van der Waals surface area contributed by atoms with Gasteiger partial charge in [0, 0.05) is 13.1 Å². The van der Waals surface area contributed by atoms with Gasteiger partial charge in [-0.15, -0.1) is 22.7 Å². The lowest BCUT2D eigenvalue weighted by Crippen LogP contribution is -2.43. The van der Waals surface area contributed by atoms with Crippen LogP contribution in [0, 0.1) is 23.5 Å². The molecule has 8 nitrogen and oxygen atoms in total. The minimum atomic E-state index is -3.74. The van der Waals surface area contributed by atoms with E-state index in [4.69, 9.17) is 21.6 Å². The monoisotopic (exact) mass is 533 g/mol. The quantitative estimate of drug-likeness (QED) is 0.315. The molecular weight excluding hydrogens is 514 g/mol. The first kappa shape index (κ1) is 25.0. The van der Waals surface area contributed by atoms with E-state index in [1.165, 1.54) is 16.4 Å². The van der Waals surface area contributed by atoms with E-state index in [2.05, 4.69) is 5.32 Å². The topological polar surface area (TPSA) is 117 Å². The molecule has 1 N–H and O–H groups in total. The van der Waals surface area contributed by atoms with Crippen LogP contribution in [0.4, 0.5) is 5.00 Å². The van der Waals surface area contributed by atoms with Gasteiger partial charge in [-0.3, -0.25) is 4.79 Å². The predicted molar refractivity (Wildman–Crippen MR) is 126 cm³/mol. The Kier molecular flexibility index (Phi) is 8.24. The Balaban J connectivity index is 1.79. The van der Waals surface area contributed by atoms with Gasteiger partial charge in [0.25, 0.3) is 10.0 Å². The molecule has 1 amide bonds. The summed E-state index contributed by atoms with van der Waals surface area (Å²) in [7, 11) is -3.74. The lowest BCUT2D eigenvalue weighted by atomic mass is 9.99. The summed E-state index contributed by atoms with van der Waals surface area (Å²) in [6.45, 7) is 3.96. The number of thiocyanates is 1. The summed E-state index contributed by atoms with van der Waals surface area (Å²) >= 11 is 8.77. The first-order chi connectivity index (χ1) is 15.2. The molecule has 0 aliphatic carbocycles. The van der Waals surface area contributed by atoms with Crippen molar-refractivity contribution in [1.29, 1.82) is 5.26 Å². The van der Waals surface area contributed by atoms with Crippen LogP contribution in [-0.2, 0) is 19.6 Å². The third-order valence-electron chi connectivity index (χ3n) is 4.83. The van der Waals surface area contributed by atoms with Crippen molar-refractivity contribution < 1.29 is 22.7 Å². The maximum atomic E-state index is 13.0. The molecule has 1 unspecified atom stereocenters. The molecule has 0 aromatic carbocycles. The number of nitrogens with one attached hydrogen (secondary N) is 1. The third kappa shape index (κ3) is 5.30. The number of thioether (sulfide) groups is 1. The number of ether oxygens (including phenoxy) is 1. The molecule has 1 atom stereocenters. The second kappa shape index (κ2) is 10.5. The number of anilines is 1. The Morgan fingerprint density at radius 2 is 2.16 bits per heavy atom. The Morgan fingerprint density at radius 1 is 1.41 bits per heavy atom. The molecule has 2 aromatic rings. The number of halogens is 1. The minimum absolute atomic E-state index is 0.0412. The number of piperidine rings is 1. The largest absolute Gasteiger partial charge is 0.462 e. The number of hydrogen-bond donors (Lipinski definition) is 1. The summed E-state index contributed by atoms with van der Waals surface area (Å²) in [6.07, 6.45) is 1.06. The number of hydrogen-bond acceptors (Lipinski definition) is 9. The lowest BCUT2D eigenvalue weighted by Gasteiger charge is -2.30. The lowest BCUT2D eigenvalue weighted by molar-refractivity contribution is -0.120. The van der Waals surface area contributed by atoms with Crippen LogP contribution in [0.5, 0.6) is 0 Å². The Hall–Kier alpha value is -1.62. The SMILES string of the molecule is CCOC(=O)c1sc(NC(=O)C2CCCN(S(=O)(=O)c3ccc(Cl)s3)C2)c(SC#N)c1C. The van der Waals surface area contributed by atoms with E-state index < -0.39 is 21.9 Å². The van der Waals surface area contributed by atoms with Crippen LogP contribution in [0.15, 0.2) is 21.2 Å². The van der Waals surface area contributed by atoms with Gasteiger partial charge in [0.05, 0.1) is 21.8 Å². The molecule has 0 saturated carbocycles. The van der Waals surface area contributed by atoms with Gasteiger partial charge in [-0.1, -0.05) is 11.6 Å². The number of carbonyl (C=O) groups is 2. The zero-order chi connectivity index (χ0) is 23.5. The third-order valence-corrected chi connectivity index (χ3v) is 10.5. The van der Waals surface area contributed by atoms with Crippen molar-refractivity contribution in [2.75, 3.05) is 25.0 Å². The van der Waals surface area contributed by atoms with E-state index in [0.29, 0.717) is 44.1 Å². The molecular formula is C19H20ClN3O5S4. The van der Waals surface area contributed by atoms with Gasteiger partial charge in [0.15, 0.2) is 0 Å². The summed E-state index contributed by atoms with van der Waals surface area (Å²) in [5, 5.41) is 14.3. The number of carbonyl (C=O) groups excluding carboxylic acids is 2. The Bertz CT molecular complexity index is 1170. The van der Waals surface area contributed by atoms with Crippen molar-refractivity contribution >= 4 is 72.9 Å². The number of esters is 1. The summed E-state index contributed by atoms with van der Waals surface area (Å²) in [4.78, 5) is 26.0. The van der Waals surface area contributed by atoms with Crippen molar-refractivity contribution in [2.24, 2.45) is 5.92 Å². The van der Waals surface area contributed by atoms with E-state index in [9.17, 15) is 18.0 Å². The maximum Gasteiger partial charge on any atom is 0.348 e. The molecule has 3 rings (SSSR count). The van der Waals surface area contributed by atoms with Gasteiger partial charge in [0.1, 0.15) is 19.5 Å². The average Bonchev–Trinajstić information content (AvgIpc) is 3.33. The van der Waals surface area contributed by atoms with E-state index >= 15 is 0 Å². The molecule has 32 heavy (non-hydrogen) atoms. The fourth-order valence-corrected chi connectivity index (χ4v) is 8.26. The molecule has 13 heteroatoms. The molecule has 1 aliphatic heterocycles. The number of thiophene rings is 2. The van der Waals surface area contributed by atoms with Crippen LogP contribution >= 0.6 is 46.0 Å². The number of amides is 1. The second-order valence-corrected chi connectivity index (χ2v) is 12.6. The molecule has 0 spiro atoms. The molecule has 172 valence electrons. The number of sulfonamides is 1. The van der Waals surface area contributed by atoms with E-state index in [0.717, 1.165) is 34.4 Å². The van der Waals surface area contributed by atoms with Crippen molar-refractivity contribution in [3.8, 4) is 5.40 Å². The van der Waals surface area contributed by atoms with Crippen LogP contribution in [-0.4, -0.2) is 44.3 Å². The minimum Gasteiger partial charge on any atom is -0.462 e. The fourth-order valence-electron chi connectivity index (χ4n) is 3.29. The first-order valence-electron chi connectivity index (χ1n) is 9.61. The van der Waals surface area contributed by atoms with Crippen molar-refractivity contribution in [3.05, 3.63) is 26.9 Å². The predicted octanol–water partition coefficient (Wildman–Crippen LogP) is 4.56. The van der Waals surface area contributed by atoms with Crippen molar-refractivity contribution in [1.82, 2.24) is 4.31 Å². The van der Waals surface area contributed by atoms with Crippen molar-refractivity contribution in [2.45, 2.75) is 35.8 Å². The molecule has 3 heterocycles. The van der Waals surface area contributed by atoms with Crippen LogP contribution in [0.2, 0.25) is 4.34 Å². The molecule has 0 radical (unpaired) electrons.